The van der Waals surface area contributed by atoms with Crippen LogP contribution in [0, 0.1) is 0 Å². The highest BCUT2D eigenvalue weighted by atomic mass is 32.4. The van der Waals surface area contributed by atoms with Crippen LogP contribution in [0.15, 0.2) is 58.9 Å². The highest BCUT2D eigenvalue weighted by molar-refractivity contribution is 8.02. The third kappa shape index (κ3) is 12.0. The summed E-state index contributed by atoms with van der Waals surface area (Å²) in [4.78, 5) is 44.9. The number of hydrogen-bond donors (Lipinski definition) is 4. The molecule has 4 N–H and O–H groups in total. The Kier molecular flexibility index (Phi) is 11.4. The summed E-state index contributed by atoms with van der Waals surface area (Å²) in [6.45, 7) is 0.0419. The number of benzene rings is 2. The molecule has 0 radical (unpaired) electrons. The molecule has 0 aliphatic carbocycles. The van der Waals surface area contributed by atoms with E-state index in [0.29, 0.717) is 17.9 Å². The molecule has 0 saturated carbocycles. The average Bonchev–Trinajstić information content (AvgIpc) is 2.79. The Morgan fingerprint density at radius 2 is 1.58 bits per heavy atom. The minimum absolute atomic E-state index is 0.0419. The van der Waals surface area contributed by atoms with E-state index in [-0.39, 0.29) is 6.54 Å². The van der Waals surface area contributed by atoms with Gasteiger partial charge in [-0.25, -0.2) is 0 Å². The third-order valence-corrected chi connectivity index (χ3v) is 7.68. The summed E-state index contributed by atoms with van der Waals surface area (Å²) < 4.78 is 29.8. The zero-order valence-electron chi connectivity index (χ0n) is 18.9. The van der Waals surface area contributed by atoms with Crippen molar-refractivity contribution in [1.82, 2.24) is 9.68 Å². The second-order valence-corrected chi connectivity index (χ2v) is 12.7. The first-order valence-corrected chi connectivity index (χ1v) is 15.8. The fourth-order valence-electron chi connectivity index (χ4n) is 2.73. The van der Waals surface area contributed by atoms with Gasteiger partial charge in [0.2, 0.25) is 11.8 Å². The van der Waals surface area contributed by atoms with E-state index >= 15 is 0 Å². The van der Waals surface area contributed by atoms with Gasteiger partial charge in [0, 0.05) is 11.5 Å². The lowest BCUT2D eigenvalue weighted by Gasteiger charge is -2.22. The van der Waals surface area contributed by atoms with Gasteiger partial charge in [-0.05, 0) is 59.5 Å². The van der Waals surface area contributed by atoms with Crippen LogP contribution in [-0.4, -0.2) is 61.6 Å². The van der Waals surface area contributed by atoms with E-state index < -0.39 is 34.8 Å². The maximum atomic E-state index is 11.3. The highest BCUT2D eigenvalue weighted by Gasteiger charge is 2.25. The molecule has 1 unspecified atom stereocenters. The minimum Gasteiger partial charge on any atom is -0.394 e. The summed E-state index contributed by atoms with van der Waals surface area (Å²) in [5, 5.41) is 7.27. The Hall–Kier alpha value is -2.40. The molecule has 2 rings (SSSR count). The van der Waals surface area contributed by atoms with Crippen molar-refractivity contribution in [3.63, 3.8) is 0 Å². The first-order valence-electron chi connectivity index (χ1n) is 9.99. The summed E-state index contributed by atoms with van der Waals surface area (Å²) in [6.07, 6.45) is 0.381. The van der Waals surface area contributed by atoms with Crippen molar-refractivity contribution in [2.45, 2.75) is 6.42 Å². The van der Waals surface area contributed by atoms with Crippen LogP contribution in [0.5, 0.6) is 11.5 Å². The van der Waals surface area contributed by atoms with Crippen LogP contribution in [-0.2, 0) is 27.4 Å². The second kappa shape index (κ2) is 13.8. The Morgan fingerprint density at radius 3 is 2.11 bits per heavy atom. The molecular weight excluding hydrogens is 553 g/mol. The third-order valence-electron chi connectivity index (χ3n) is 4.27. The Balaban J connectivity index is 1.90. The normalized spacial score (nSPS) is 12.3. The lowest BCUT2D eigenvalue weighted by Crippen LogP contribution is -2.28. The van der Waals surface area contributed by atoms with Crippen LogP contribution in [0.2, 0.25) is 0 Å². The minimum atomic E-state index is -4.48. The van der Waals surface area contributed by atoms with E-state index in [1.54, 1.807) is 61.8 Å². The van der Waals surface area contributed by atoms with E-state index in [0.717, 1.165) is 16.0 Å². The van der Waals surface area contributed by atoms with Gasteiger partial charge in [-0.15, -0.1) is 5.10 Å². The quantitative estimate of drug-likeness (QED) is 0.0639. The molecule has 2 aromatic carbocycles. The largest absolute Gasteiger partial charge is 0.540 e. The summed E-state index contributed by atoms with van der Waals surface area (Å²) in [7, 11) is -8.82. The van der Waals surface area contributed by atoms with Crippen molar-refractivity contribution in [3.8, 4) is 11.5 Å². The lowest BCUT2D eigenvalue weighted by molar-refractivity contribution is 0.279. The summed E-state index contributed by atoms with van der Waals surface area (Å²) in [5.41, 5.74) is 9.78. The first kappa shape index (κ1) is 29.8. The second-order valence-electron chi connectivity index (χ2n) is 7.30. The van der Waals surface area contributed by atoms with E-state index in [1.165, 1.54) is 4.78 Å². The molecule has 0 amide bonds. The molecule has 36 heavy (non-hydrogen) atoms. The first-order chi connectivity index (χ1) is 16.8. The maximum Gasteiger partial charge on any atom is 0.540 e. The van der Waals surface area contributed by atoms with Crippen molar-refractivity contribution in [2.75, 3.05) is 26.2 Å². The maximum absolute atomic E-state index is 11.3. The van der Waals surface area contributed by atoms with Gasteiger partial charge < -0.3 is 24.4 Å². The summed E-state index contributed by atoms with van der Waals surface area (Å²) in [6, 6.07) is 13.5. The predicted molar refractivity (Wildman–Crippen MR) is 137 cm³/mol. The molecule has 0 fully saturated rings. The Morgan fingerprint density at radius 1 is 1.03 bits per heavy atom. The number of rotatable bonds is 14. The van der Waals surface area contributed by atoms with Gasteiger partial charge in [-0.1, -0.05) is 16.9 Å². The Labute approximate surface area is 212 Å². The van der Waals surface area contributed by atoms with Gasteiger partial charge in [-0.3, -0.25) is 18.6 Å². The topological polar surface area (TPSA) is 201 Å². The molecule has 0 saturated heterocycles. The molecule has 2 aromatic rings. The molecule has 0 aromatic heterocycles. The van der Waals surface area contributed by atoms with Crippen molar-refractivity contribution >= 4 is 40.3 Å². The van der Waals surface area contributed by atoms with Crippen molar-refractivity contribution in [3.05, 3.63) is 70.1 Å². The molecule has 0 spiro atoms. The number of azide groups is 1. The number of hydrogen-bond acceptors (Lipinski definition) is 8. The van der Waals surface area contributed by atoms with Crippen LogP contribution < -0.4 is 9.36 Å². The fourth-order valence-corrected chi connectivity index (χ4v) is 5.36. The highest BCUT2D eigenvalue weighted by Crippen LogP contribution is 2.40. The molecule has 14 nitrogen and oxygen atoms in total. The van der Waals surface area contributed by atoms with Crippen LogP contribution in [0.25, 0.3) is 10.4 Å². The molecule has 0 bridgehead atoms. The van der Waals surface area contributed by atoms with Crippen LogP contribution in [0.4, 0.5) is 0 Å². The SMILES string of the molecule is CN(/N=C/c1ccc(ON=[N+]=[N-])cc1)[P+](=S)Oc1ccc(CCN(CP(=O)(O)O)CP(=O)(O)O)cc1. The lowest BCUT2D eigenvalue weighted by atomic mass is 10.1. The van der Waals surface area contributed by atoms with Crippen molar-refractivity contribution in [1.29, 1.82) is 0 Å². The van der Waals surface area contributed by atoms with E-state index in [1.807, 2.05) is 0 Å². The van der Waals surface area contributed by atoms with Crippen LogP contribution in [0.3, 0.4) is 0 Å². The van der Waals surface area contributed by atoms with Crippen molar-refractivity contribution in [2.24, 2.45) is 10.4 Å². The van der Waals surface area contributed by atoms with Crippen molar-refractivity contribution < 1.29 is 38.1 Å². The van der Waals surface area contributed by atoms with E-state index in [4.69, 9.17) is 46.3 Å². The van der Waals surface area contributed by atoms with Crippen LogP contribution in [0.1, 0.15) is 11.1 Å². The molecule has 194 valence electrons. The van der Waals surface area contributed by atoms with Crippen LogP contribution >= 0.6 is 22.3 Å². The standard InChI is InChI=1S/C18H23N6O8P3S/c1-23(20-12-16-4-6-17(7-5-16)31-22-21-19)33(36)32-18-8-2-15(3-9-18)10-11-24(13-34(25,26)27)14-35(28,29)30/h2-9,12H,10-11,13-14H2,1H3,(H3-,25,26,27,28,29,30)/p+1/b20-12+. The molecular formula is C18H24N6O8P3S+. The molecule has 0 heterocycles. The zero-order chi connectivity index (χ0) is 26.8. The molecule has 0 aliphatic rings. The van der Waals surface area contributed by atoms with Gasteiger partial charge in [0.1, 0.15) is 23.6 Å². The van der Waals surface area contributed by atoms with E-state index in [2.05, 4.69) is 15.3 Å². The Bertz CT molecular complexity index is 1170. The van der Waals surface area contributed by atoms with Gasteiger partial charge in [0.05, 0.1) is 13.3 Å². The number of nitrogens with zero attached hydrogens (tertiary/aromatic N) is 6. The monoisotopic (exact) mass is 577 g/mol. The van der Waals surface area contributed by atoms with Gasteiger partial charge in [0.15, 0.2) is 5.75 Å². The fraction of sp³-hybridized carbons (Fsp3) is 0.278. The predicted octanol–water partition coefficient (Wildman–Crippen LogP) is 3.52. The van der Waals surface area contributed by atoms with Gasteiger partial charge >= 0.3 is 22.3 Å². The summed E-state index contributed by atoms with van der Waals surface area (Å²) >= 11 is 5.38. The smallest absolute Gasteiger partial charge is 0.394 e. The van der Waals surface area contributed by atoms with Gasteiger partial charge in [0.25, 0.3) is 0 Å². The van der Waals surface area contributed by atoms with E-state index in [9.17, 15) is 9.13 Å². The zero-order valence-corrected chi connectivity index (χ0v) is 22.4. The number of hydrazone groups is 1. The molecule has 0 aliphatic heterocycles. The molecule has 18 heteroatoms. The average molecular weight is 577 g/mol. The summed E-state index contributed by atoms with van der Waals surface area (Å²) in [5.74, 6) is 0.871. The molecule has 1 atom stereocenters. The van der Waals surface area contributed by atoms with Gasteiger partial charge in [-0.2, -0.15) is 0 Å².